The number of aromatic nitrogens is 1. The Balaban J connectivity index is 2.65. The fourth-order valence-electron chi connectivity index (χ4n) is 1.11. The predicted octanol–water partition coefficient (Wildman–Crippen LogP) is 1.59. The molecule has 0 radical (unpaired) electrons. The minimum Gasteiger partial charge on any atom is -0.394 e. The van der Waals surface area contributed by atoms with E-state index in [0.29, 0.717) is 5.15 Å². The van der Waals surface area contributed by atoms with Crippen LogP contribution in [0.1, 0.15) is 12.5 Å². The van der Waals surface area contributed by atoms with Crippen LogP contribution in [0.5, 0.6) is 0 Å². The van der Waals surface area contributed by atoms with Crippen LogP contribution in [0.25, 0.3) is 6.08 Å². The summed E-state index contributed by atoms with van der Waals surface area (Å²) in [5.41, 5.74) is 0.799. The Morgan fingerprint density at radius 1 is 1.65 bits per heavy atom. The molecule has 0 aliphatic carbocycles. The first kappa shape index (κ1) is 13.7. The van der Waals surface area contributed by atoms with Crippen molar-refractivity contribution in [1.82, 2.24) is 9.88 Å². The van der Waals surface area contributed by atoms with Gasteiger partial charge >= 0.3 is 0 Å². The van der Waals surface area contributed by atoms with Crippen LogP contribution in [-0.2, 0) is 4.79 Å². The first-order valence-electron chi connectivity index (χ1n) is 5.22. The first-order chi connectivity index (χ1) is 8.04. The molecule has 1 N–H and O–H groups in total. The molecule has 1 rings (SSSR count). The van der Waals surface area contributed by atoms with Gasteiger partial charge in [0.1, 0.15) is 5.15 Å². The maximum absolute atomic E-state index is 11.7. The summed E-state index contributed by atoms with van der Waals surface area (Å²) in [7, 11) is 1.65. The highest BCUT2D eigenvalue weighted by molar-refractivity contribution is 6.29. The van der Waals surface area contributed by atoms with E-state index in [0.717, 1.165) is 5.56 Å². The molecular formula is C12H15ClN2O2. The second kappa shape index (κ2) is 6.37. The second-order valence-electron chi connectivity index (χ2n) is 3.73. The third kappa shape index (κ3) is 4.17. The van der Waals surface area contributed by atoms with Gasteiger partial charge in [-0.05, 0) is 24.6 Å². The predicted molar refractivity (Wildman–Crippen MR) is 67.6 cm³/mol. The Bertz CT molecular complexity index is 403. The average molecular weight is 255 g/mol. The number of halogens is 1. The van der Waals surface area contributed by atoms with Crippen LogP contribution in [-0.4, -0.2) is 40.6 Å². The van der Waals surface area contributed by atoms with Crippen molar-refractivity contribution in [3.05, 3.63) is 35.1 Å². The lowest BCUT2D eigenvalue weighted by molar-refractivity contribution is -0.127. The molecule has 0 saturated carbocycles. The number of rotatable bonds is 4. The maximum atomic E-state index is 11.7. The number of hydrogen-bond donors (Lipinski definition) is 1. The second-order valence-corrected chi connectivity index (χ2v) is 4.12. The van der Waals surface area contributed by atoms with E-state index in [-0.39, 0.29) is 18.6 Å². The third-order valence-corrected chi connectivity index (χ3v) is 2.67. The largest absolute Gasteiger partial charge is 0.394 e. The molecule has 0 spiro atoms. The van der Waals surface area contributed by atoms with Crippen LogP contribution in [0.3, 0.4) is 0 Å². The lowest BCUT2D eigenvalue weighted by Gasteiger charge is -2.21. The van der Waals surface area contributed by atoms with Crippen LogP contribution < -0.4 is 0 Å². The molecule has 1 aromatic rings. The maximum Gasteiger partial charge on any atom is 0.246 e. The van der Waals surface area contributed by atoms with Crippen molar-refractivity contribution in [1.29, 1.82) is 0 Å². The number of carbonyl (C=O) groups is 1. The highest BCUT2D eigenvalue weighted by Crippen LogP contribution is 2.07. The van der Waals surface area contributed by atoms with Gasteiger partial charge in [-0.3, -0.25) is 4.79 Å². The molecule has 4 nitrogen and oxygen atoms in total. The van der Waals surface area contributed by atoms with E-state index < -0.39 is 0 Å². The third-order valence-electron chi connectivity index (χ3n) is 2.44. The lowest BCUT2D eigenvalue weighted by atomic mass is 10.2. The van der Waals surface area contributed by atoms with Gasteiger partial charge in [0.05, 0.1) is 12.6 Å². The zero-order valence-electron chi connectivity index (χ0n) is 9.80. The number of nitrogens with zero attached hydrogens (tertiary/aromatic N) is 2. The van der Waals surface area contributed by atoms with Crippen LogP contribution in [0, 0.1) is 0 Å². The average Bonchev–Trinajstić information content (AvgIpc) is 2.35. The quantitative estimate of drug-likeness (QED) is 0.656. The molecule has 0 fully saturated rings. The summed E-state index contributed by atoms with van der Waals surface area (Å²) in [6.45, 7) is 1.72. The van der Waals surface area contributed by atoms with Crippen LogP contribution in [0.2, 0.25) is 5.15 Å². The van der Waals surface area contributed by atoms with Crippen LogP contribution in [0.15, 0.2) is 24.4 Å². The van der Waals surface area contributed by atoms with Crippen molar-refractivity contribution in [2.24, 2.45) is 0 Å². The van der Waals surface area contributed by atoms with Crippen molar-refractivity contribution in [2.75, 3.05) is 13.7 Å². The molecule has 5 heteroatoms. The molecular weight excluding hydrogens is 240 g/mol. The fraction of sp³-hybridized carbons (Fsp3) is 0.333. The molecule has 1 heterocycles. The smallest absolute Gasteiger partial charge is 0.246 e. The van der Waals surface area contributed by atoms with Crippen LogP contribution in [0.4, 0.5) is 0 Å². The van der Waals surface area contributed by atoms with Crippen LogP contribution >= 0.6 is 11.6 Å². The summed E-state index contributed by atoms with van der Waals surface area (Å²) in [6, 6.07) is 3.23. The van der Waals surface area contributed by atoms with Crippen molar-refractivity contribution in [3.63, 3.8) is 0 Å². The van der Waals surface area contributed by atoms with Gasteiger partial charge < -0.3 is 10.0 Å². The zero-order valence-corrected chi connectivity index (χ0v) is 10.6. The molecule has 0 bridgehead atoms. The molecule has 1 unspecified atom stereocenters. The number of likely N-dealkylation sites (N-methyl/N-ethyl adjacent to an activating group) is 1. The first-order valence-corrected chi connectivity index (χ1v) is 5.59. The molecule has 1 atom stereocenters. The molecule has 17 heavy (non-hydrogen) atoms. The molecule has 0 aliphatic heterocycles. The standard InChI is InChI=1S/C12H15ClN2O2/c1-9(8-16)15(2)12(17)6-4-10-3-5-11(13)14-7-10/h3-7,9,16H,8H2,1-2H3/b6-4+. The summed E-state index contributed by atoms with van der Waals surface area (Å²) in [6.07, 6.45) is 4.69. The summed E-state index contributed by atoms with van der Waals surface area (Å²) in [5.74, 6) is -0.165. The normalized spacial score (nSPS) is 12.7. The van der Waals surface area contributed by atoms with E-state index >= 15 is 0 Å². The van der Waals surface area contributed by atoms with E-state index in [9.17, 15) is 4.79 Å². The van der Waals surface area contributed by atoms with Gasteiger partial charge in [0.15, 0.2) is 0 Å². The number of pyridine rings is 1. The Labute approximate surface area is 106 Å². The van der Waals surface area contributed by atoms with Gasteiger partial charge in [-0.25, -0.2) is 4.98 Å². The van der Waals surface area contributed by atoms with Gasteiger partial charge in [-0.15, -0.1) is 0 Å². The van der Waals surface area contributed by atoms with Crippen molar-refractivity contribution < 1.29 is 9.90 Å². The monoisotopic (exact) mass is 254 g/mol. The number of amides is 1. The summed E-state index contributed by atoms with van der Waals surface area (Å²) >= 11 is 5.65. The molecule has 1 aromatic heterocycles. The topological polar surface area (TPSA) is 53.4 Å². The number of aliphatic hydroxyl groups is 1. The van der Waals surface area contributed by atoms with Gasteiger partial charge in [-0.2, -0.15) is 0 Å². The molecule has 0 aromatic carbocycles. The van der Waals surface area contributed by atoms with E-state index in [4.69, 9.17) is 16.7 Å². The summed E-state index contributed by atoms with van der Waals surface area (Å²) < 4.78 is 0. The molecule has 1 amide bonds. The molecule has 92 valence electrons. The van der Waals surface area contributed by atoms with Crippen molar-refractivity contribution >= 4 is 23.6 Å². The van der Waals surface area contributed by atoms with E-state index in [1.54, 1.807) is 38.4 Å². The zero-order chi connectivity index (χ0) is 12.8. The Kier molecular flexibility index (Phi) is 5.12. The number of aliphatic hydroxyl groups excluding tert-OH is 1. The van der Waals surface area contributed by atoms with E-state index in [1.165, 1.54) is 11.0 Å². The van der Waals surface area contributed by atoms with Gasteiger partial charge in [0.2, 0.25) is 5.91 Å². The minimum absolute atomic E-state index is 0.0570. The van der Waals surface area contributed by atoms with Crippen molar-refractivity contribution in [2.45, 2.75) is 13.0 Å². The Morgan fingerprint density at radius 3 is 2.88 bits per heavy atom. The summed E-state index contributed by atoms with van der Waals surface area (Å²) in [5, 5.41) is 9.34. The highest BCUT2D eigenvalue weighted by atomic mass is 35.5. The summed E-state index contributed by atoms with van der Waals surface area (Å²) in [4.78, 5) is 17.0. The Morgan fingerprint density at radius 2 is 2.35 bits per heavy atom. The lowest BCUT2D eigenvalue weighted by Crippen LogP contribution is -2.36. The van der Waals surface area contributed by atoms with Gasteiger partial charge in [0.25, 0.3) is 0 Å². The SMILES string of the molecule is CC(CO)N(C)C(=O)/C=C/c1ccc(Cl)nc1. The van der Waals surface area contributed by atoms with E-state index in [2.05, 4.69) is 4.98 Å². The number of carbonyl (C=O) groups excluding carboxylic acids is 1. The number of hydrogen-bond acceptors (Lipinski definition) is 3. The molecule has 0 aliphatic rings. The minimum atomic E-state index is -0.199. The fourth-order valence-corrected chi connectivity index (χ4v) is 1.22. The Hall–Kier alpha value is -1.39. The van der Waals surface area contributed by atoms with E-state index in [1.807, 2.05) is 0 Å². The van der Waals surface area contributed by atoms with Crippen molar-refractivity contribution in [3.8, 4) is 0 Å². The van der Waals surface area contributed by atoms with Gasteiger partial charge in [-0.1, -0.05) is 17.7 Å². The molecule has 0 saturated heterocycles. The van der Waals surface area contributed by atoms with Gasteiger partial charge in [0, 0.05) is 19.3 Å². The highest BCUT2D eigenvalue weighted by Gasteiger charge is 2.11.